The number of carbonyl (C=O) groups is 1. The van der Waals surface area contributed by atoms with E-state index >= 15 is 0 Å². The number of nitrogens with zero attached hydrogens (tertiary/aromatic N) is 1. The first kappa shape index (κ1) is 24.4. The van der Waals surface area contributed by atoms with Crippen LogP contribution in [0.2, 0.25) is 0 Å². The molecule has 3 rings (SSSR count). The Bertz CT molecular complexity index is 1260. The van der Waals surface area contributed by atoms with E-state index in [4.69, 9.17) is 5.41 Å². The SMILES string of the molecule is CCN(CC)CCC(=O)Nc1ccc(C(=N)S(=O)(=O)c2cccc3ccccc23)c(NC)c1. The summed E-state index contributed by atoms with van der Waals surface area (Å²) in [5, 5.41) is 15.2. The molecule has 3 N–H and O–H groups in total. The van der Waals surface area contributed by atoms with Crippen LogP contribution in [-0.2, 0) is 14.6 Å². The maximum Gasteiger partial charge on any atom is 0.225 e. The van der Waals surface area contributed by atoms with Crippen molar-refractivity contribution in [3.63, 3.8) is 0 Å². The van der Waals surface area contributed by atoms with E-state index in [1.54, 1.807) is 43.4 Å². The topological polar surface area (TPSA) is 102 Å². The Kier molecular flexibility index (Phi) is 7.84. The van der Waals surface area contributed by atoms with Crippen LogP contribution in [0.3, 0.4) is 0 Å². The van der Waals surface area contributed by atoms with Crippen LogP contribution in [-0.4, -0.2) is 51.0 Å². The normalized spacial score (nSPS) is 11.5. The van der Waals surface area contributed by atoms with Crippen molar-refractivity contribution >= 4 is 42.9 Å². The summed E-state index contributed by atoms with van der Waals surface area (Å²) < 4.78 is 26.7. The Morgan fingerprint density at radius 1 is 1.00 bits per heavy atom. The molecule has 0 aliphatic carbocycles. The monoisotopic (exact) mass is 466 g/mol. The van der Waals surface area contributed by atoms with E-state index in [0.29, 0.717) is 29.7 Å². The van der Waals surface area contributed by atoms with Gasteiger partial charge in [-0.25, -0.2) is 8.42 Å². The highest BCUT2D eigenvalue weighted by Crippen LogP contribution is 2.29. The number of sulfone groups is 1. The predicted octanol–water partition coefficient (Wildman–Crippen LogP) is 4.35. The van der Waals surface area contributed by atoms with Gasteiger partial charge in [-0.1, -0.05) is 50.2 Å². The molecule has 33 heavy (non-hydrogen) atoms. The first-order valence-electron chi connectivity index (χ1n) is 11.0. The van der Waals surface area contributed by atoms with E-state index in [1.165, 1.54) is 6.07 Å². The van der Waals surface area contributed by atoms with Gasteiger partial charge in [0.15, 0.2) is 5.04 Å². The number of benzene rings is 3. The van der Waals surface area contributed by atoms with E-state index in [9.17, 15) is 13.2 Å². The fraction of sp³-hybridized carbons (Fsp3) is 0.280. The van der Waals surface area contributed by atoms with Gasteiger partial charge in [-0.2, -0.15) is 0 Å². The summed E-state index contributed by atoms with van der Waals surface area (Å²) in [7, 11) is -2.41. The molecule has 0 unspecified atom stereocenters. The van der Waals surface area contributed by atoms with Crippen molar-refractivity contribution in [3.05, 3.63) is 66.2 Å². The van der Waals surface area contributed by atoms with Gasteiger partial charge >= 0.3 is 0 Å². The number of rotatable bonds is 9. The largest absolute Gasteiger partial charge is 0.387 e. The molecule has 174 valence electrons. The molecule has 3 aromatic carbocycles. The van der Waals surface area contributed by atoms with Crippen LogP contribution in [0.4, 0.5) is 11.4 Å². The van der Waals surface area contributed by atoms with Crippen molar-refractivity contribution in [2.24, 2.45) is 0 Å². The van der Waals surface area contributed by atoms with Crippen LogP contribution in [0.15, 0.2) is 65.6 Å². The van der Waals surface area contributed by atoms with Gasteiger partial charge in [0, 0.05) is 42.3 Å². The lowest BCUT2D eigenvalue weighted by atomic mass is 10.1. The zero-order valence-electron chi connectivity index (χ0n) is 19.2. The lowest BCUT2D eigenvalue weighted by molar-refractivity contribution is -0.116. The number of hydrogen-bond donors (Lipinski definition) is 3. The molecule has 0 aliphatic heterocycles. The molecule has 3 aromatic rings. The maximum atomic E-state index is 13.4. The first-order chi connectivity index (χ1) is 15.8. The fourth-order valence-electron chi connectivity index (χ4n) is 3.73. The molecule has 0 heterocycles. The molecule has 0 radical (unpaired) electrons. The van der Waals surface area contributed by atoms with Crippen molar-refractivity contribution in [2.45, 2.75) is 25.2 Å². The summed E-state index contributed by atoms with van der Waals surface area (Å²) in [6.07, 6.45) is 0.365. The number of carbonyl (C=O) groups excluding carboxylic acids is 1. The smallest absolute Gasteiger partial charge is 0.225 e. The first-order valence-corrected chi connectivity index (χ1v) is 12.5. The minimum Gasteiger partial charge on any atom is -0.387 e. The average molecular weight is 467 g/mol. The second kappa shape index (κ2) is 10.6. The third kappa shape index (κ3) is 5.40. The molecule has 0 saturated heterocycles. The van der Waals surface area contributed by atoms with Gasteiger partial charge in [-0.05, 0) is 42.7 Å². The van der Waals surface area contributed by atoms with Crippen molar-refractivity contribution in [1.29, 1.82) is 5.41 Å². The second-order valence-corrected chi connectivity index (χ2v) is 9.50. The minimum atomic E-state index is -4.06. The highest BCUT2D eigenvalue weighted by molar-refractivity contribution is 8.07. The zero-order valence-corrected chi connectivity index (χ0v) is 20.0. The Morgan fingerprint density at radius 2 is 1.70 bits per heavy atom. The highest BCUT2D eigenvalue weighted by Gasteiger charge is 2.26. The molecule has 0 atom stereocenters. The number of anilines is 2. The highest BCUT2D eigenvalue weighted by atomic mass is 32.2. The van der Waals surface area contributed by atoms with Crippen LogP contribution >= 0.6 is 0 Å². The summed E-state index contributed by atoms with van der Waals surface area (Å²) in [5.41, 5.74) is 1.24. The van der Waals surface area contributed by atoms with E-state index in [2.05, 4.69) is 29.4 Å². The van der Waals surface area contributed by atoms with Crippen LogP contribution in [0.1, 0.15) is 25.8 Å². The van der Waals surface area contributed by atoms with Gasteiger partial charge in [0.05, 0.1) is 4.90 Å². The van der Waals surface area contributed by atoms with Gasteiger partial charge in [0.1, 0.15) is 0 Å². The van der Waals surface area contributed by atoms with Crippen molar-refractivity contribution in [2.75, 3.05) is 37.3 Å². The van der Waals surface area contributed by atoms with E-state index in [-0.39, 0.29) is 16.4 Å². The summed E-state index contributed by atoms with van der Waals surface area (Å²) in [6, 6.07) is 17.1. The Labute approximate surface area is 195 Å². The molecular formula is C25H30N4O3S. The quantitative estimate of drug-likeness (QED) is 0.321. The fourth-order valence-corrected chi connectivity index (χ4v) is 5.16. The summed E-state index contributed by atoms with van der Waals surface area (Å²) in [6.45, 7) is 6.55. The molecule has 0 bridgehead atoms. The third-order valence-corrected chi connectivity index (χ3v) is 7.37. The lowest BCUT2D eigenvalue weighted by Crippen LogP contribution is -2.27. The Hall–Kier alpha value is -3.23. The number of nitrogens with one attached hydrogen (secondary N) is 3. The molecule has 1 amide bonds. The molecule has 0 fully saturated rings. The Balaban J connectivity index is 1.85. The van der Waals surface area contributed by atoms with Gasteiger partial charge in [-0.15, -0.1) is 0 Å². The maximum absolute atomic E-state index is 13.4. The van der Waals surface area contributed by atoms with E-state index in [0.717, 1.165) is 18.5 Å². The summed E-state index contributed by atoms with van der Waals surface area (Å²) in [4.78, 5) is 14.6. The van der Waals surface area contributed by atoms with Crippen molar-refractivity contribution in [1.82, 2.24) is 4.90 Å². The number of amides is 1. The lowest BCUT2D eigenvalue weighted by Gasteiger charge is -2.18. The minimum absolute atomic E-state index is 0.0986. The standard InChI is InChI=1S/C25H30N4O3S/c1-4-29(5-2)16-15-24(30)28-19-13-14-21(22(17-19)27-3)25(26)33(31,32)23-12-8-10-18-9-6-7-11-20(18)23/h6-14,17,26-27H,4-5,15-16H2,1-3H3,(H,28,30). The zero-order chi connectivity index (χ0) is 24.0. The van der Waals surface area contributed by atoms with Crippen molar-refractivity contribution < 1.29 is 13.2 Å². The molecule has 8 heteroatoms. The molecule has 0 saturated carbocycles. The molecule has 0 spiro atoms. The summed E-state index contributed by atoms with van der Waals surface area (Å²) >= 11 is 0. The van der Waals surface area contributed by atoms with Gasteiger partial charge in [-0.3, -0.25) is 10.2 Å². The predicted molar refractivity (Wildman–Crippen MR) is 135 cm³/mol. The van der Waals surface area contributed by atoms with Crippen LogP contribution in [0, 0.1) is 5.41 Å². The number of fused-ring (bicyclic) bond motifs is 1. The summed E-state index contributed by atoms with van der Waals surface area (Å²) in [5.74, 6) is -0.116. The van der Waals surface area contributed by atoms with Gasteiger partial charge in [0.25, 0.3) is 0 Å². The molecule has 0 aliphatic rings. The van der Waals surface area contributed by atoms with Crippen LogP contribution < -0.4 is 10.6 Å². The van der Waals surface area contributed by atoms with Crippen LogP contribution in [0.5, 0.6) is 0 Å². The van der Waals surface area contributed by atoms with Gasteiger partial charge in [0.2, 0.25) is 15.7 Å². The van der Waals surface area contributed by atoms with E-state index in [1.807, 2.05) is 18.2 Å². The molecule has 7 nitrogen and oxygen atoms in total. The van der Waals surface area contributed by atoms with Gasteiger partial charge < -0.3 is 15.5 Å². The molecular weight excluding hydrogens is 436 g/mol. The average Bonchev–Trinajstić information content (AvgIpc) is 2.83. The third-order valence-electron chi connectivity index (χ3n) is 5.67. The second-order valence-electron chi connectivity index (χ2n) is 7.65. The Morgan fingerprint density at radius 3 is 2.39 bits per heavy atom. The van der Waals surface area contributed by atoms with Crippen LogP contribution in [0.25, 0.3) is 10.8 Å². The number of hydrogen-bond acceptors (Lipinski definition) is 6. The molecule has 0 aromatic heterocycles. The van der Waals surface area contributed by atoms with E-state index < -0.39 is 14.9 Å². The van der Waals surface area contributed by atoms with Crippen molar-refractivity contribution in [3.8, 4) is 0 Å².